The summed E-state index contributed by atoms with van der Waals surface area (Å²) in [6.07, 6.45) is 2.30. The van der Waals surface area contributed by atoms with Gasteiger partial charge in [0.05, 0.1) is 34.5 Å². The number of amides is 4. The van der Waals surface area contributed by atoms with E-state index >= 15 is 4.79 Å². The average molecular weight is 802 g/mol. The highest BCUT2D eigenvalue weighted by Gasteiger charge is 2.70. The van der Waals surface area contributed by atoms with Crippen molar-refractivity contribution in [3.8, 4) is 5.75 Å². The number of anilines is 2. The van der Waals surface area contributed by atoms with Crippen molar-refractivity contribution >= 4 is 69.2 Å². The van der Waals surface area contributed by atoms with Gasteiger partial charge in [0.15, 0.2) is 0 Å². The lowest BCUT2D eigenvalue weighted by Gasteiger charge is -2.50. The van der Waals surface area contributed by atoms with Gasteiger partial charge in [0.25, 0.3) is 11.8 Å². The molecule has 0 bridgehead atoms. The van der Waals surface area contributed by atoms with Gasteiger partial charge < -0.3 is 5.11 Å². The zero-order chi connectivity index (χ0) is 35.1. The molecule has 6 unspecified atom stereocenters. The summed E-state index contributed by atoms with van der Waals surface area (Å²) in [5, 5.41) is 13.1. The summed E-state index contributed by atoms with van der Waals surface area (Å²) in [4.78, 5) is 59.5. The van der Waals surface area contributed by atoms with Gasteiger partial charge in [0.2, 0.25) is 11.8 Å². The molecular formula is C39H30ClFIN3O5. The van der Waals surface area contributed by atoms with Crippen LogP contribution in [-0.2, 0) is 24.6 Å². The third-order valence-electron chi connectivity index (χ3n) is 10.9. The summed E-state index contributed by atoms with van der Waals surface area (Å²) in [7, 11) is 0. The lowest BCUT2D eigenvalue weighted by Crippen LogP contribution is -2.53. The zero-order valence-corrected chi connectivity index (χ0v) is 29.6. The maximum Gasteiger partial charge on any atom is 0.260 e. The number of phenols is 1. The van der Waals surface area contributed by atoms with Crippen molar-refractivity contribution < 1.29 is 28.7 Å². The molecule has 2 saturated heterocycles. The van der Waals surface area contributed by atoms with Gasteiger partial charge in [-0.3, -0.25) is 29.5 Å². The van der Waals surface area contributed by atoms with E-state index in [1.54, 1.807) is 61.5 Å². The van der Waals surface area contributed by atoms with Crippen LogP contribution in [0.2, 0.25) is 5.02 Å². The Morgan fingerprint density at radius 3 is 2.28 bits per heavy atom. The van der Waals surface area contributed by atoms with E-state index in [-0.39, 0.29) is 30.4 Å². The number of para-hydroxylation sites is 1. The highest BCUT2D eigenvalue weighted by atomic mass is 127. The van der Waals surface area contributed by atoms with Crippen LogP contribution in [0.15, 0.2) is 103 Å². The Hall–Kier alpha value is -4.55. The highest BCUT2D eigenvalue weighted by Crippen LogP contribution is 2.65. The lowest BCUT2D eigenvalue weighted by atomic mass is 9.49. The Bertz CT molecular complexity index is 2120. The van der Waals surface area contributed by atoms with Gasteiger partial charge in [0.1, 0.15) is 11.6 Å². The molecule has 1 saturated carbocycles. The Balaban J connectivity index is 1.33. The number of fused-ring (bicyclic) bond motifs is 4. The van der Waals surface area contributed by atoms with Crippen molar-refractivity contribution in [3.05, 3.63) is 134 Å². The molecule has 4 aromatic carbocycles. The summed E-state index contributed by atoms with van der Waals surface area (Å²) in [5.41, 5.74) is 4.45. The second-order valence-corrected chi connectivity index (χ2v) is 15.1. The number of aromatic hydroxyl groups is 1. The Morgan fingerprint density at radius 2 is 1.58 bits per heavy atom. The van der Waals surface area contributed by atoms with Gasteiger partial charge >= 0.3 is 0 Å². The van der Waals surface area contributed by atoms with E-state index in [0.29, 0.717) is 33.1 Å². The fourth-order valence-corrected chi connectivity index (χ4v) is 9.24. The molecule has 3 fully saturated rings. The van der Waals surface area contributed by atoms with Crippen LogP contribution in [0, 0.1) is 40.0 Å². The molecule has 0 aromatic heterocycles. The maximum absolute atomic E-state index is 15.2. The number of hydrazine groups is 1. The van der Waals surface area contributed by atoms with Crippen molar-refractivity contribution in [2.24, 2.45) is 23.7 Å². The van der Waals surface area contributed by atoms with Crippen LogP contribution in [0.3, 0.4) is 0 Å². The summed E-state index contributed by atoms with van der Waals surface area (Å²) in [6, 6.07) is 24.6. The Morgan fingerprint density at radius 1 is 0.880 bits per heavy atom. The first kappa shape index (κ1) is 32.6. The number of hydrogen-bond acceptors (Lipinski definition) is 6. The molecule has 0 spiro atoms. The van der Waals surface area contributed by atoms with Crippen molar-refractivity contribution in [1.82, 2.24) is 5.01 Å². The van der Waals surface area contributed by atoms with E-state index < -0.39 is 52.6 Å². The number of hydrogen-bond donors (Lipinski definition) is 2. The van der Waals surface area contributed by atoms with Gasteiger partial charge in [-0.05, 0) is 120 Å². The third-order valence-corrected chi connectivity index (χ3v) is 11.9. The van der Waals surface area contributed by atoms with Crippen LogP contribution in [0.4, 0.5) is 15.8 Å². The van der Waals surface area contributed by atoms with Gasteiger partial charge in [-0.2, -0.15) is 5.01 Å². The molecule has 2 heterocycles. The average Bonchev–Trinajstić information content (AvgIpc) is 3.48. The maximum atomic E-state index is 15.2. The van der Waals surface area contributed by atoms with Gasteiger partial charge in [0, 0.05) is 20.1 Å². The number of halogens is 3. The number of rotatable bonds is 5. The smallest absolute Gasteiger partial charge is 0.260 e. The number of allylic oxidation sites excluding steroid dienone is 2. The molecule has 2 N–H and O–H groups in total. The molecule has 2 aliphatic carbocycles. The molecule has 11 heteroatoms. The number of nitrogens with one attached hydrogen (secondary N) is 1. The lowest BCUT2D eigenvalue weighted by molar-refractivity contribution is -0.138. The van der Waals surface area contributed by atoms with E-state index in [9.17, 15) is 23.9 Å². The van der Waals surface area contributed by atoms with Gasteiger partial charge in [-0.25, -0.2) is 4.39 Å². The Labute approximate surface area is 306 Å². The molecule has 50 heavy (non-hydrogen) atoms. The first-order chi connectivity index (χ1) is 24.0. The number of carbonyl (C=O) groups is 4. The molecule has 6 atom stereocenters. The fraction of sp³-hybridized carbons (Fsp3) is 0.231. The molecule has 2 aliphatic heterocycles. The summed E-state index contributed by atoms with van der Waals surface area (Å²) >= 11 is 8.51. The second kappa shape index (κ2) is 12.1. The zero-order valence-electron chi connectivity index (χ0n) is 26.6. The topological polar surface area (TPSA) is 107 Å². The predicted molar refractivity (Wildman–Crippen MR) is 194 cm³/mol. The molecule has 4 amide bonds. The van der Waals surface area contributed by atoms with Crippen LogP contribution >= 0.6 is 34.2 Å². The quantitative estimate of drug-likeness (QED) is 0.125. The predicted octanol–water partition coefficient (Wildman–Crippen LogP) is 7.29. The van der Waals surface area contributed by atoms with Crippen LogP contribution < -0.4 is 10.3 Å². The summed E-state index contributed by atoms with van der Waals surface area (Å²) < 4.78 is 14.8. The number of benzene rings is 4. The molecule has 252 valence electrons. The van der Waals surface area contributed by atoms with Crippen molar-refractivity contribution in [2.75, 3.05) is 10.3 Å². The van der Waals surface area contributed by atoms with Crippen molar-refractivity contribution in [2.45, 2.75) is 31.1 Å². The molecule has 4 aliphatic rings. The van der Waals surface area contributed by atoms with Gasteiger partial charge in [-0.15, -0.1) is 0 Å². The minimum Gasteiger partial charge on any atom is -0.507 e. The largest absolute Gasteiger partial charge is 0.507 e. The van der Waals surface area contributed by atoms with E-state index in [1.165, 1.54) is 29.2 Å². The van der Waals surface area contributed by atoms with Crippen LogP contribution in [0.5, 0.6) is 5.75 Å². The molecular weight excluding hydrogens is 772 g/mol. The summed E-state index contributed by atoms with van der Waals surface area (Å²) in [6.45, 7) is 1.76. The molecule has 8 nitrogen and oxygen atoms in total. The molecule has 0 radical (unpaired) electrons. The first-order valence-corrected chi connectivity index (χ1v) is 17.8. The van der Waals surface area contributed by atoms with E-state index in [4.69, 9.17) is 11.6 Å². The normalized spacial score (nSPS) is 27.2. The minimum absolute atomic E-state index is 0.0206. The van der Waals surface area contributed by atoms with Crippen LogP contribution in [-0.4, -0.2) is 33.7 Å². The standard InChI is InChI=1S/C39H30ClFIN3O5/c1-20-3-2-4-29(34(20)46)33-27-17-18-28-32(37(49)44(35(28)47)26-15-11-24(42)12-16-26)30(27)19-31-36(48)45(43-25-13-9-23(41)10-14-25)38(50)39(31,33)21-5-7-22(40)8-6-21/h2-17,28,30-33,43,46H,18-19H2,1H3. The number of aryl methyl sites for hydroxylation is 1. The Kier molecular flexibility index (Phi) is 7.87. The van der Waals surface area contributed by atoms with Crippen LogP contribution in [0.1, 0.15) is 35.4 Å². The van der Waals surface area contributed by atoms with Crippen molar-refractivity contribution in [3.63, 3.8) is 0 Å². The van der Waals surface area contributed by atoms with Crippen LogP contribution in [0.25, 0.3) is 0 Å². The fourth-order valence-electron chi connectivity index (χ4n) is 8.76. The highest BCUT2D eigenvalue weighted by molar-refractivity contribution is 14.1. The second-order valence-electron chi connectivity index (χ2n) is 13.4. The number of phenolic OH excluding ortho intramolecular Hbond substituents is 1. The van der Waals surface area contributed by atoms with E-state index in [1.807, 2.05) is 18.2 Å². The number of carbonyl (C=O) groups excluding carboxylic acids is 4. The number of imide groups is 2. The minimum atomic E-state index is -1.57. The molecule has 4 aromatic rings. The monoisotopic (exact) mass is 801 g/mol. The molecule has 8 rings (SSSR count). The van der Waals surface area contributed by atoms with E-state index in [2.05, 4.69) is 28.0 Å². The van der Waals surface area contributed by atoms with Gasteiger partial charge in [-0.1, -0.05) is 53.6 Å². The van der Waals surface area contributed by atoms with E-state index in [0.717, 1.165) is 14.2 Å². The number of nitrogens with zero attached hydrogens (tertiary/aromatic N) is 2. The first-order valence-electron chi connectivity index (χ1n) is 16.3. The SMILES string of the molecule is Cc1cccc(C2C3=CCC4C(=O)N(c5ccc(I)cc5)C(=O)C4C3CC3C(=O)N(Nc4ccc(F)cc4)C(=O)C32c2ccc(Cl)cc2)c1O. The van der Waals surface area contributed by atoms with Crippen molar-refractivity contribution in [1.29, 1.82) is 0 Å². The third kappa shape index (κ3) is 4.75. The summed E-state index contributed by atoms with van der Waals surface area (Å²) in [5.74, 6) is -6.13.